The molecule has 1 heterocycles. The fourth-order valence-electron chi connectivity index (χ4n) is 4.95. The first-order chi connectivity index (χ1) is 11.7. The van der Waals surface area contributed by atoms with Crippen LogP contribution in [0, 0.1) is 17.8 Å². The SMILES string of the molecule is CCN(CC)CC1CCN(C(=NC)NC2CC2C2CCCCC2)C1.I. The maximum absolute atomic E-state index is 4.60. The summed E-state index contributed by atoms with van der Waals surface area (Å²) in [5, 5.41) is 3.79. The van der Waals surface area contributed by atoms with Gasteiger partial charge in [0.15, 0.2) is 5.96 Å². The van der Waals surface area contributed by atoms with Gasteiger partial charge >= 0.3 is 0 Å². The summed E-state index contributed by atoms with van der Waals surface area (Å²) in [5.41, 5.74) is 0. The zero-order valence-electron chi connectivity index (χ0n) is 16.5. The highest BCUT2D eigenvalue weighted by Gasteiger charge is 2.44. The molecule has 3 atom stereocenters. The van der Waals surface area contributed by atoms with Crippen molar-refractivity contribution in [3.8, 4) is 0 Å². The molecule has 3 aliphatic rings. The van der Waals surface area contributed by atoms with E-state index in [4.69, 9.17) is 0 Å². The molecule has 0 aromatic heterocycles. The molecule has 0 aromatic rings. The molecule has 0 aromatic carbocycles. The Morgan fingerprint density at radius 3 is 2.48 bits per heavy atom. The Labute approximate surface area is 172 Å². The highest BCUT2D eigenvalue weighted by Crippen LogP contribution is 2.44. The second-order valence-electron chi connectivity index (χ2n) is 8.18. The molecule has 146 valence electrons. The van der Waals surface area contributed by atoms with Crippen LogP contribution in [0.2, 0.25) is 0 Å². The predicted octanol–water partition coefficient (Wildman–Crippen LogP) is 3.81. The summed E-state index contributed by atoms with van der Waals surface area (Å²) in [4.78, 5) is 9.67. The van der Waals surface area contributed by atoms with Gasteiger partial charge in [0, 0.05) is 32.7 Å². The van der Waals surface area contributed by atoms with Crippen molar-refractivity contribution in [3.05, 3.63) is 0 Å². The zero-order valence-corrected chi connectivity index (χ0v) is 18.9. The van der Waals surface area contributed by atoms with Gasteiger partial charge in [-0.3, -0.25) is 4.99 Å². The summed E-state index contributed by atoms with van der Waals surface area (Å²) in [6.45, 7) is 10.5. The largest absolute Gasteiger partial charge is 0.353 e. The van der Waals surface area contributed by atoms with Crippen molar-refractivity contribution in [3.63, 3.8) is 0 Å². The predicted molar refractivity (Wildman–Crippen MR) is 118 cm³/mol. The minimum atomic E-state index is 0. The van der Waals surface area contributed by atoms with Gasteiger partial charge in [0.2, 0.25) is 0 Å². The first-order valence-electron chi connectivity index (χ1n) is 10.5. The van der Waals surface area contributed by atoms with Crippen LogP contribution in [0.4, 0.5) is 0 Å². The van der Waals surface area contributed by atoms with Crippen LogP contribution < -0.4 is 5.32 Å². The Hall–Kier alpha value is -0.0400. The summed E-state index contributed by atoms with van der Waals surface area (Å²) >= 11 is 0. The Morgan fingerprint density at radius 2 is 1.84 bits per heavy atom. The molecule has 3 fully saturated rings. The molecule has 0 bridgehead atoms. The van der Waals surface area contributed by atoms with E-state index in [0.717, 1.165) is 17.8 Å². The average Bonchev–Trinajstić information content (AvgIpc) is 3.26. The third-order valence-corrected chi connectivity index (χ3v) is 6.62. The van der Waals surface area contributed by atoms with Crippen LogP contribution in [0.1, 0.15) is 58.8 Å². The second kappa shape index (κ2) is 10.3. The van der Waals surface area contributed by atoms with E-state index >= 15 is 0 Å². The van der Waals surface area contributed by atoms with E-state index in [1.54, 1.807) is 0 Å². The molecule has 2 saturated carbocycles. The molecule has 3 rings (SSSR count). The van der Waals surface area contributed by atoms with E-state index < -0.39 is 0 Å². The molecule has 3 unspecified atom stereocenters. The van der Waals surface area contributed by atoms with Gasteiger partial charge in [0.25, 0.3) is 0 Å². The molecule has 0 spiro atoms. The Kier molecular flexibility index (Phi) is 8.79. The first-order valence-corrected chi connectivity index (χ1v) is 10.5. The summed E-state index contributed by atoms with van der Waals surface area (Å²) in [5.74, 6) is 3.89. The summed E-state index contributed by atoms with van der Waals surface area (Å²) in [6.07, 6.45) is 10.0. The standard InChI is InChI=1S/C20H38N4.HI/c1-4-23(5-2)14-16-11-12-24(15-16)20(21-3)22-19-13-18(19)17-9-7-6-8-10-17;/h16-19H,4-15H2,1-3H3,(H,21,22);1H. The van der Waals surface area contributed by atoms with Crippen LogP contribution in [0.3, 0.4) is 0 Å². The van der Waals surface area contributed by atoms with E-state index in [1.165, 1.54) is 83.6 Å². The van der Waals surface area contributed by atoms with Crippen molar-refractivity contribution >= 4 is 29.9 Å². The lowest BCUT2D eigenvalue weighted by molar-refractivity contribution is 0.255. The molecule has 0 amide bonds. The second-order valence-corrected chi connectivity index (χ2v) is 8.18. The summed E-state index contributed by atoms with van der Waals surface area (Å²) in [6, 6.07) is 0.702. The number of nitrogens with zero attached hydrogens (tertiary/aromatic N) is 3. The van der Waals surface area contributed by atoms with Gasteiger partial charge in [-0.05, 0) is 43.7 Å². The zero-order chi connectivity index (χ0) is 16.9. The number of hydrogen-bond donors (Lipinski definition) is 1. The Bertz CT molecular complexity index is 418. The van der Waals surface area contributed by atoms with E-state index in [0.29, 0.717) is 6.04 Å². The monoisotopic (exact) mass is 462 g/mol. The summed E-state index contributed by atoms with van der Waals surface area (Å²) in [7, 11) is 1.96. The van der Waals surface area contributed by atoms with Gasteiger partial charge in [0.05, 0.1) is 0 Å². The van der Waals surface area contributed by atoms with Gasteiger partial charge in [0.1, 0.15) is 0 Å². The van der Waals surface area contributed by atoms with Crippen molar-refractivity contribution in [1.82, 2.24) is 15.1 Å². The Balaban J connectivity index is 0.00000225. The highest BCUT2D eigenvalue weighted by atomic mass is 127. The smallest absolute Gasteiger partial charge is 0.193 e. The fourth-order valence-corrected chi connectivity index (χ4v) is 4.95. The molecule has 25 heavy (non-hydrogen) atoms. The molecule has 0 radical (unpaired) electrons. The first kappa shape index (κ1) is 21.3. The van der Waals surface area contributed by atoms with Crippen LogP contribution in [-0.2, 0) is 0 Å². The maximum atomic E-state index is 4.60. The topological polar surface area (TPSA) is 30.9 Å². The van der Waals surface area contributed by atoms with Gasteiger partial charge < -0.3 is 15.1 Å². The molecular formula is C20H39IN4. The normalized spacial score (nSPS) is 30.5. The molecule has 4 nitrogen and oxygen atoms in total. The van der Waals surface area contributed by atoms with E-state index in [1.807, 2.05) is 7.05 Å². The molecule has 5 heteroatoms. The van der Waals surface area contributed by atoms with Crippen LogP contribution in [0.15, 0.2) is 4.99 Å². The fraction of sp³-hybridized carbons (Fsp3) is 0.950. The van der Waals surface area contributed by atoms with Gasteiger partial charge in [-0.25, -0.2) is 0 Å². The number of halogens is 1. The number of likely N-dealkylation sites (tertiary alicyclic amines) is 1. The molecular weight excluding hydrogens is 423 g/mol. The lowest BCUT2D eigenvalue weighted by atomic mass is 9.85. The van der Waals surface area contributed by atoms with Crippen LogP contribution >= 0.6 is 24.0 Å². The maximum Gasteiger partial charge on any atom is 0.193 e. The third-order valence-electron chi connectivity index (χ3n) is 6.62. The lowest BCUT2D eigenvalue weighted by Crippen LogP contribution is -2.42. The van der Waals surface area contributed by atoms with Crippen molar-refractivity contribution in [1.29, 1.82) is 0 Å². The quantitative estimate of drug-likeness (QED) is 0.370. The van der Waals surface area contributed by atoms with Crippen molar-refractivity contribution in [2.45, 2.75) is 64.8 Å². The lowest BCUT2D eigenvalue weighted by Gasteiger charge is -2.25. The van der Waals surface area contributed by atoms with Crippen molar-refractivity contribution in [2.75, 3.05) is 39.8 Å². The van der Waals surface area contributed by atoms with E-state index in [-0.39, 0.29) is 24.0 Å². The molecule has 1 saturated heterocycles. The van der Waals surface area contributed by atoms with Crippen LogP contribution in [0.25, 0.3) is 0 Å². The van der Waals surface area contributed by atoms with Crippen molar-refractivity contribution < 1.29 is 0 Å². The Morgan fingerprint density at radius 1 is 1.12 bits per heavy atom. The van der Waals surface area contributed by atoms with Gasteiger partial charge in [-0.2, -0.15) is 0 Å². The number of aliphatic imine (C=N–C) groups is 1. The van der Waals surface area contributed by atoms with E-state index in [2.05, 4.69) is 34.0 Å². The molecule has 2 aliphatic carbocycles. The minimum absolute atomic E-state index is 0. The van der Waals surface area contributed by atoms with Gasteiger partial charge in [-0.1, -0.05) is 46.0 Å². The number of guanidine groups is 1. The number of rotatable bonds is 6. The third kappa shape index (κ3) is 5.72. The van der Waals surface area contributed by atoms with Crippen molar-refractivity contribution in [2.24, 2.45) is 22.7 Å². The van der Waals surface area contributed by atoms with Crippen LogP contribution in [0.5, 0.6) is 0 Å². The van der Waals surface area contributed by atoms with Crippen LogP contribution in [-0.4, -0.2) is 61.6 Å². The number of hydrogen-bond acceptors (Lipinski definition) is 2. The molecule has 1 N–H and O–H groups in total. The summed E-state index contributed by atoms with van der Waals surface area (Å²) < 4.78 is 0. The average molecular weight is 462 g/mol. The highest BCUT2D eigenvalue weighted by molar-refractivity contribution is 14.0. The number of nitrogens with one attached hydrogen (secondary N) is 1. The van der Waals surface area contributed by atoms with E-state index in [9.17, 15) is 0 Å². The van der Waals surface area contributed by atoms with Gasteiger partial charge in [-0.15, -0.1) is 24.0 Å². The molecule has 1 aliphatic heterocycles. The minimum Gasteiger partial charge on any atom is -0.353 e.